The summed E-state index contributed by atoms with van der Waals surface area (Å²) in [4.78, 5) is 11.9. The molecule has 4 saturated carbocycles. The standard InChI is InChI=1S/C21H36NO2.HI/c1-16(23)24-21(7-6-10-22(2)8-4-3-5-9-22)19-12-17-11-18(14-19)15-20(21)13-17;/h17-20H,3-15H2,1-2H3;1H/q+1;/p-1. The van der Waals surface area contributed by atoms with Gasteiger partial charge in [0.1, 0.15) is 5.60 Å². The predicted octanol–water partition coefficient (Wildman–Crippen LogP) is 1.16. The fourth-order valence-electron chi connectivity index (χ4n) is 7.11. The van der Waals surface area contributed by atoms with Crippen molar-refractivity contribution in [3.8, 4) is 0 Å². The van der Waals surface area contributed by atoms with Crippen molar-refractivity contribution in [1.29, 1.82) is 0 Å². The number of hydrogen-bond acceptors (Lipinski definition) is 2. The van der Waals surface area contributed by atoms with Crippen molar-refractivity contribution >= 4 is 5.97 Å². The molecule has 1 heterocycles. The van der Waals surface area contributed by atoms with Crippen LogP contribution >= 0.6 is 0 Å². The maximum Gasteiger partial charge on any atom is 0.303 e. The Morgan fingerprint density at radius 2 is 1.56 bits per heavy atom. The molecule has 0 N–H and O–H groups in total. The molecule has 4 bridgehead atoms. The molecule has 0 amide bonds. The number of ether oxygens (including phenoxy) is 1. The Bertz CT molecular complexity index is 458. The van der Waals surface area contributed by atoms with E-state index < -0.39 is 0 Å². The van der Waals surface area contributed by atoms with Crippen molar-refractivity contribution in [2.45, 2.75) is 76.7 Å². The van der Waals surface area contributed by atoms with Gasteiger partial charge in [-0.05, 0) is 81.5 Å². The van der Waals surface area contributed by atoms with Gasteiger partial charge in [-0.1, -0.05) is 0 Å². The van der Waals surface area contributed by atoms with E-state index in [2.05, 4.69) is 7.05 Å². The molecule has 4 heteroatoms. The molecule has 0 spiro atoms. The molecule has 0 aromatic rings. The van der Waals surface area contributed by atoms with E-state index in [4.69, 9.17) is 4.74 Å². The lowest BCUT2D eigenvalue weighted by Gasteiger charge is -2.60. The number of carbonyl (C=O) groups is 1. The second-order valence-corrected chi connectivity index (χ2v) is 9.81. The van der Waals surface area contributed by atoms with Crippen LogP contribution in [0.4, 0.5) is 0 Å². The van der Waals surface area contributed by atoms with E-state index in [0.717, 1.165) is 18.3 Å². The molecule has 3 nitrogen and oxygen atoms in total. The van der Waals surface area contributed by atoms with Crippen LogP contribution in [0.5, 0.6) is 0 Å². The summed E-state index contributed by atoms with van der Waals surface area (Å²) in [6.07, 6.45) is 13.3. The fourth-order valence-corrected chi connectivity index (χ4v) is 7.11. The van der Waals surface area contributed by atoms with Crippen molar-refractivity contribution in [2.75, 3.05) is 26.7 Å². The third kappa shape index (κ3) is 3.90. The Hall–Kier alpha value is 0.160. The minimum Gasteiger partial charge on any atom is -1.00 e. The average molecular weight is 461 g/mol. The highest BCUT2D eigenvalue weighted by Crippen LogP contribution is 2.61. The number of piperidine rings is 1. The van der Waals surface area contributed by atoms with Gasteiger partial charge < -0.3 is 33.2 Å². The van der Waals surface area contributed by atoms with Gasteiger partial charge in [-0.2, -0.15) is 0 Å². The molecule has 25 heavy (non-hydrogen) atoms. The first-order valence-electron chi connectivity index (χ1n) is 10.5. The molecule has 1 saturated heterocycles. The third-order valence-corrected chi connectivity index (χ3v) is 8.02. The summed E-state index contributed by atoms with van der Waals surface area (Å²) in [7, 11) is 2.44. The fraction of sp³-hybridized carbons (Fsp3) is 0.952. The number of nitrogens with zero attached hydrogens (tertiary/aromatic N) is 1. The van der Waals surface area contributed by atoms with Crippen LogP contribution in [0.2, 0.25) is 0 Å². The highest BCUT2D eigenvalue weighted by atomic mass is 127. The Labute approximate surface area is 170 Å². The molecule has 1 aliphatic heterocycles. The molecule has 0 unspecified atom stereocenters. The van der Waals surface area contributed by atoms with Gasteiger partial charge in [0.05, 0.1) is 26.7 Å². The number of carbonyl (C=O) groups excluding carboxylic acids is 1. The molecule has 0 aromatic heterocycles. The summed E-state index contributed by atoms with van der Waals surface area (Å²) in [5.74, 6) is 3.14. The van der Waals surface area contributed by atoms with Crippen LogP contribution in [0.3, 0.4) is 0 Å². The average Bonchev–Trinajstić information content (AvgIpc) is 2.51. The Balaban J connectivity index is 0.00000182. The van der Waals surface area contributed by atoms with Crippen LogP contribution in [0.15, 0.2) is 0 Å². The van der Waals surface area contributed by atoms with E-state index in [1.807, 2.05) is 0 Å². The monoisotopic (exact) mass is 461 g/mol. The maximum absolute atomic E-state index is 11.9. The molecule has 5 aliphatic rings. The Morgan fingerprint density at radius 1 is 1.00 bits per heavy atom. The van der Waals surface area contributed by atoms with Gasteiger partial charge in [-0.25, -0.2) is 0 Å². The predicted molar refractivity (Wildman–Crippen MR) is 95.4 cm³/mol. The number of esters is 1. The van der Waals surface area contributed by atoms with Crippen LogP contribution < -0.4 is 24.0 Å². The Kier molecular flexibility index (Phi) is 6.09. The summed E-state index contributed by atoms with van der Waals surface area (Å²) >= 11 is 0. The molecule has 0 radical (unpaired) electrons. The van der Waals surface area contributed by atoms with Gasteiger partial charge in [-0.3, -0.25) is 4.79 Å². The van der Waals surface area contributed by atoms with Gasteiger partial charge in [0.2, 0.25) is 0 Å². The quantitative estimate of drug-likeness (QED) is 0.349. The summed E-state index contributed by atoms with van der Waals surface area (Å²) in [6, 6.07) is 0. The molecule has 0 aromatic carbocycles. The third-order valence-electron chi connectivity index (χ3n) is 8.02. The van der Waals surface area contributed by atoms with E-state index in [0.29, 0.717) is 11.8 Å². The largest absolute Gasteiger partial charge is 1.00 e. The van der Waals surface area contributed by atoms with Crippen LogP contribution in [-0.4, -0.2) is 42.7 Å². The topological polar surface area (TPSA) is 26.3 Å². The Morgan fingerprint density at radius 3 is 2.08 bits per heavy atom. The van der Waals surface area contributed by atoms with Crippen molar-refractivity contribution < 1.29 is 38.0 Å². The molecule has 144 valence electrons. The summed E-state index contributed by atoms with van der Waals surface area (Å²) in [6.45, 7) is 5.59. The SMILES string of the molecule is CC(=O)OC1(CCC[N+]2(C)CCCCC2)C2CC3CC(C2)CC1C3.[I-]. The molecular formula is C21H36INO2. The highest BCUT2D eigenvalue weighted by Gasteiger charge is 2.59. The smallest absolute Gasteiger partial charge is 0.303 e. The summed E-state index contributed by atoms with van der Waals surface area (Å²) < 4.78 is 7.44. The van der Waals surface area contributed by atoms with Gasteiger partial charge in [0.25, 0.3) is 0 Å². The first-order valence-corrected chi connectivity index (χ1v) is 10.5. The lowest BCUT2D eigenvalue weighted by atomic mass is 9.49. The number of quaternary nitrogens is 1. The molecule has 5 fully saturated rings. The lowest BCUT2D eigenvalue weighted by molar-refractivity contribution is -0.914. The highest BCUT2D eigenvalue weighted by molar-refractivity contribution is 5.66. The van der Waals surface area contributed by atoms with E-state index in [1.54, 1.807) is 6.92 Å². The molecule has 5 rings (SSSR count). The van der Waals surface area contributed by atoms with E-state index in [9.17, 15) is 4.79 Å². The maximum atomic E-state index is 11.9. The van der Waals surface area contributed by atoms with Crippen molar-refractivity contribution in [1.82, 2.24) is 0 Å². The number of likely N-dealkylation sites (tertiary alicyclic amines) is 1. The van der Waals surface area contributed by atoms with Gasteiger partial charge >= 0.3 is 5.97 Å². The number of halogens is 1. The number of rotatable bonds is 5. The van der Waals surface area contributed by atoms with E-state index in [1.165, 1.54) is 81.9 Å². The van der Waals surface area contributed by atoms with Crippen molar-refractivity contribution in [2.24, 2.45) is 23.7 Å². The van der Waals surface area contributed by atoms with Gasteiger partial charge in [0, 0.05) is 13.3 Å². The van der Waals surface area contributed by atoms with Crippen LogP contribution in [0.25, 0.3) is 0 Å². The van der Waals surface area contributed by atoms with Gasteiger partial charge in [0.15, 0.2) is 0 Å². The van der Waals surface area contributed by atoms with Crippen LogP contribution in [-0.2, 0) is 9.53 Å². The lowest BCUT2D eigenvalue weighted by Crippen LogP contribution is -3.00. The van der Waals surface area contributed by atoms with Crippen molar-refractivity contribution in [3.05, 3.63) is 0 Å². The van der Waals surface area contributed by atoms with Gasteiger partial charge in [-0.15, -0.1) is 0 Å². The molecule has 4 aliphatic carbocycles. The van der Waals surface area contributed by atoms with E-state index >= 15 is 0 Å². The minimum absolute atomic E-state index is 0. The molecule has 0 atom stereocenters. The normalized spacial score (nSPS) is 41.2. The zero-order valence-corrected chi connectivity index (χ0v) is 18.3. The van der Waals surface area contributed by atoms with Crippen LogP contribution in [0, 0.1) is 23.7 Å². The summed E-state index contributed by atoms with van der Waals surface area (Å²) in [5, 5.41) is 0. The van der Waals surface area contributed by atoms with Crippen molar-refractivity contribution in [3.63, 3.8) is 0 Å². The molecular weight excluding hydrogens is 425 g/mol. The van der Waals surface area contributed by atoms with Crippen LogP contribution in [0.1, 0.15) is 71.1 Å². The zero-order valence-electron chi connectivity index (χ0n) is 16.1. The zero-order chi connectivity index (χ0) is 16.8. The first kappa shape index (κ1) is 19.9. The second-order valence-electron chi connectivity index (χ2n) is 9.81. The minimum atomic E-state index is -0.103. The van der Waals surface area contributed by atoms with E-state index in [-0.39, 0.29) is 35.5 Å². The summed E-state index contributed by atoms with van der Waals surface area (Å²) in [5.41, 5.74) is -0.103. The first-order chi connectivity index (χ1) is 11.5. The number of hydrogen-bond donors (Lipinski definition) is 0. The second kappa shape index (κ2) is 7.65.